The second-order valence-electron chi connectivity index (χ2n) is 4.24. The number of anilines is 1. The minimum atomic E-state index is -0.140. The Hall–Kier alpha value is -1.74. The summed E-state index contributed by atoms with van der Waals surface area (Å²) in [6.07, 6.45) is 1.75. The highest BCUT2D eigenvalue weighted by Gasteiger charge is 2.11. The lowest BCUT2D eigenvalue weighted by atomic mass is 10.1. The molecule has 0 aliphatic heterocycles. The van der Waals surface area contributed by atoms with Crippen molar-refractivity contribution in [1.82, 2.24) is 0 Å². The molecule has 1 amide bonds. The molecule has 0 unspecified atom stereocenters. The summed E-state index contributed by atoms with van der Waals surface area (Å²) in [5, 5.41) is 3.37. The van der Waals surface area contributed by atoms with E-state index in [1.54, 1.807) is 18.4 Å². The van der Waals surface area contributed by atoms with Crippen molar-refractivity contribution in [3.8, 4) is 0 Å². The van der Waals surface area contributed by atoms with Gasteiger partial charge in [0.05, 0.1) is 23.4 Å². The van der Waals surface area contributed by atoms with Crippen molar-refractivity contribution in [3.63, 3.8) is 0 Å². The Morgan fingerprint density at radius 1 is 1.39 bits per heavy atom. The Kier molecular flexibility index (Phi) is 3.72. The number of halogens is 1. The van der Waals surface area contributed by atoms with E-state index in [0.29, 0.717) is 16.5 Å². The van der Waals surface area contributed by atoms with Crippen molar-refractivity contribution in [2.24, 2.45) is 0 Å². The van der Waals surface area contributed by atoms with Crippen molar-refractivity contribution < 1.29 is 9.21 Å². The molecule has 94 valence electrons. The number of rotatable bonds is 3. The van der Waals surface area contributed by atoms with Gasteiger partial charge >= 0.3 is 0 Å². The Bertz CT molecular complexity index is 538. The summed E-state index contributed by atoms with van der Waals surface area (Å²) in [7, 11) is 0. The molecule has 18 heavy (non-hydrogen) atoms. The number of benzene rings is 1. The van der Waals surface area contributed by atoms with Gasteiger partial charge in [-0.3, -0.25) is 4.79 Å². The van der Waals surface area contributed by atoms with Crippen molar-refractivity contribution in [2.45, 2.75) is 20.3 Å². The maximum atomic E-state index is 11.8. The molecule has 2 aromatic rings. The minimum Gasteiger partial charge on any atom is -0.469 e. The average molecular weight is 264 g/mol. The molecule has 0 radical (unpaired) electrons. The first-order valence-electron chi connectivity index (χ1n) is 5.65. The summed E-state index contributed by atoms with van der Waals surface area (Å²) >= 11 is 6.12. The van der Waals surface area contributed by atoms with Gasteiger partial charge < -0.3 is 9.73 Å². The number of furan rings is 1. The van der Waals surface area contributed by atoms with E-state index in [1.165, 1.54) is 0 Å². The summed E-state index contributed by atoms with van der Waals surface area (Å²) in [6, 6.07) is 7.33. The first-order valence-corrected chi connectivity index (χ1v) is 6.03. The molecular formula is C14H14ClNO2. The molecule has 1 aromatic heterocycles. The maximum Gasteiger partial charge on any atom is 0.232 e. The number of aryl methyl sites for hydroxylation is 2. The van der Waals surface area contributed by atoms with Gasteiger partial charge in [0.25, 0.3) is 0 Å². The van der Waals surface area contributed by atoms with Gasteiger partial charge in [0.2, 0.25) is 5.91 Å². The van der Waals surface area contributed by atoms with Crippen LogP contribution in [-0.2, 0) is 11.2 Å². The Balaban J connectivity index is 2.12. The monoisotopic (exact) mass is 263 g/mol. The zero-order valence-electron chi connectivity index (χ0n) is 10.3. The Labute approximate surface area is 111 Å². The van der Waals surface area contributed by atoms with Gasteiger partial charge in [-0.15, -0.1) is 0 Å². The first kappa shape index (κ1) is 12.7. The normalized spacial score (nSPS) is 10.4. The zero-order chi connectivity index (χ0) is 13.1. The van der Waals surface area contributed by atoms with Gasteiger partial charge in [-0.1, -0.05) is 17.7 Å². The van der Waals surface area contributed by atoms with E-state index in [-0.39, 0.29) is 12.3 Å². The van der Waals surface area contributed by atoms with Crippen molar-refractivity contribution >= 4 is 23.2 Å². The highest BCUT2D eigenvalue weighted by molar-refractivity contribution is 6.34. The standard InChI is InChI=1S/C14H14ClNO2/c1-9-6-10(2)14(12(15)7-9)16-13(17)8-11-4-3-5-18-11/h3-7H,8H2,1-2H3,(H,16,17). The van der Waals surface area contributed by atoms with Crippen molar-refractivity contribution in [1.29, 1.82) is 0 Å². The van der Waals surface area contributed by atoms with Gasteiger partial charge in [-0.2, -0.15) is 0 Å². The summed E-state index contributed by atoms with van der Waals surface area (Å²) in [5.41, 5.74) is 2.69. The summed E-state index contributed by atoms with van der Waals surface area (Å²) in [6.45, 7) is 3.88. The lowest BCUT2D eigenvalue weighted by Crippen LogP contribution is -2.15. The molecule has 0 fully saturated rings. The Morgan fingerprint density at radius 2 is 2.17 bits per heavy atom. The van der Waals surface area contributed by atoms with Crippen LogP contribution in [0.5, 0.6) is 0 Å². The highest BCUT2D eigenvalue weighted by atomic mass is 35.5. The molecule has 0 atom stereocenters. The minimum absolute atomic E-state index is 0.140. The molecule has 0 spiro atoms. The quantitative estimate of drug-likeness (QED) is 0.917. The summed E-state index contributed by atoms with van der Waals surface area (Å²) < 4.78 is 5.13. The SMILES string of the molecule is Cc1cc(C)c(NC(=O)Cc2ccco2)c(Cl)c1. The van der Waals surface area contributed by atoms with E-state index in [2.05, 4.69) is 5.32 Å². The third-order valence-corrected chi connectivity index (χ3v) is 2.91. The lowest BCUT2D eigenvalue weighted by molar-refractivity contribution is -0.115. The molecular weight excluding hydrogens is 250 g/mol. The molecule has 1 N–H and O–H groups in total. The molecule has 2 rings (SSSR count). The van der Waals surface area contributed by atoms with Crippen LogP contribution in [0.3, 0.4) is 0 Å². The van der Waals surface area contributed by atoms with E-state index in [0.717, 1.165) is 11.1 Å². The number of hydrogen-bond donors (Lipinski definition) is 1. The molecule has 0 saturated heterocycles. The van der Waals surface area contributed by atoms with Crippen molar-refractivity contribution in [2.75, 3.05) is 5.32 Å². The van der Waals surface area contributed by atoms with Gasteiger partial charge in [-0.25, -0.2) is 0 Å². The van der Waals surface area contributed by atoms with Crippen LogP contribution < -0.4 is 5.32 Å². The van der Waals surface area contributed by atoms with Crippen LogP contribution in [0.1, 0.15) is 16.9 Å². The number of carbonyl (C=O) groups is 1. The van der Waals surface area contributed by atoms with Crippen LogP contribution >= 0.6 is 11.6 Å². The fourth-order valence-corrected chi connectivity index (χ4v) is 2.20. The van der Waals surface area contributed by atoms with E-state index in [4.69, 9.17) is 16.0 Å². The molecule has 0 aliphatic carbocycles. The third kappa shape index (κ3) is 2.93. The zero-order valence-corrected chi connectivity index (χ0v) is 11.0. The molecule has 4 heteroatoms. The Morgan fingerprint density at radius 3 is 2.78 bits per heavy atom. The highest BCUT2D eigenvalue weighted by Crippen LogP contribution is 2.27. The predicted molar refractivity (Wildman–Crippen MR) is 72.0 cm³/mol. The third-order valence-electron chi connectivity index (χ3n) is 2.61. The molecule has 3 nitrogen and oxygen atoms in total. The second kappa shape index (κ2) is 5.27. The second-order valence-corrected chi connectivity index (χ2v) is 4.65. The lowest BCUT2D eigenvalue weighted by Gasteiger charge is -2.11. The van der Waals surface area contributed by atoms with E-state index in [1.807, 2.05) is 26.0 Å². The first-order chi connectivity index (χ1) is 8.56. The molecule has 0 bridgehead atoms. The van der Waals surface area contributed by atoms with Crippen LogP contribution in [0.2, 0.25) is 5.02 Å². The fourth-order valence-electron chi connectivity index (χ4n) is 1.83. The van der Waals surface area contributed by atoms with Gasteiger partial charge in [0.1, 0.15) is 5.76 Å². The number of amides is 1. The van der Waals surface area contributed by atoms with Crippen LogP contribution in [0.15, 0.2) is 34.9 Å². The van der Waals surface area contributed by atoms with Crippen LogP contribution in [0, 0.1) is 13.8 Å². The summed E-state index contributed by atoms with van der Waals surface area (Å²) in [4.78, 5) is 11.8. The topological polar surface area (TPSA) is 42.2 Å². The molecule has 1 heterocycles. The van der Waals surface area contributed by atoms with E-state index < -0.39 is 0 Å². The van der Waals surface area contributed by atoms with Crippen LogP contribution in [0.4, 0.5) is 5.69 Å². The molecule has 1 aromatic carbocycles. The number of hydrogen-bond acceptors (Lipinski definition) is 2. The predicted octanol–water partition coefficient (Wildman–Crippen LogP) is 3.73. The molecule has 0 saturated carbocycles. The number of nitrogens with one attached hydrogen (secondary N) is 1. The largest absolute Gasteiger partial charge is 0.469 e. The average Bonchev–Trinajstić information content (AvgIpc) is 2.76. The fraction of sp³-hybridized carbons (Fsp3) is 0.214. The number of carbonyl (C=O) groups excluding carboxylic acids is 1. The summed E-state index contributed by atoms with van der Waals surface area (Å²) in [5.74, 6) is 0.493. The van der Waals surface area contributed by atoms with E-state index >= 15 is 0 Å². The van der Waals surface area contributed by atoms with Crippen molar-refractivity contribution in [3.05, 3.63) is 52.4 Å². The maximum absolute atomic E-state index is 11.8. The van der Waals surface area contributed by atoms with Gasteiger partial charge in [-0.05, 0) is 43.2 Å². The molecule has 0 aliphatic rings. The van der Waals surface area contributed by atoms with Crippen LogP contribution in [0.25, 0.3) is 0 Å². The van der Waals surface area contributed by atoms with E-state index in [9.17, 15) is 4.79 Å². The van der Waals surface area contributed by atoms with Gasteiger partial charge in [0, 0.05) is 0 Å². The smallest absolute Gasteiger partial charge is 0.232 e. The van der Waals surface area contributed by atoms with Crippen LogP contribution in [-0.4, -0.2) is 5.91 Å². The van der Waals surface area contributed by atoms with Gasteiger partial charge in [0.15, 0.2) is 0 Å².